The fourth-order valence-electron chi connectivity index (χ4n) is 4.08. The van der Waals surface area contributed by atoms with Crippen molar-refractivity contribution in [2.45, 2.75) is 29.8 Å². The van der Waals surface area contributed by atoms with Gasteiger partial charge in [-0.2, -0.15) is 4.31 Å². The van der Waals surface area contributed by atoms with E-state index in [1.54, 1.807) is 4.90 Å². The average molecular weight is 454 g/mol. The summed E-state index contributed by atoms with van der Waals surface area (Å²) in [6.07, 6.45) is 0.0334. The van der Waals surface area contributed by atoms with Crippen molar-refractivity contribution in [3.8, 4) is 0 Å². The molecule has 0 atom stereocenters. The molecule has 0 bridgehead atoms. The van der Waals surface area contributed by atoms with E-state index in [0.717, 1.165) is 12.1 Å². The minimum absolute atomic E-state index is 0.0322. The number of carbonyl (C=O) groups excluding carboxylic acids is 1. The molecule has 2 amide bonds. The van der Waals surface area contributed by atoms with Crippen molar-refractivity contribution >= 4 is 27.7 Å². The molecule has 4 rings (SSSR count). The third-order valence-electron chi connectivity index (χ3n) is 6.01. The Kier molecular flexibility index (Phi) is 5.60. The Balaban J connectivity index is 1.34. The highest BCUT2D eigenvalue weighted by Gasteiger charge is 2.46. The molecule has 0 unspecified atom stereocenters. The van der Waals surface area contributed by atoms with Gasteiger partial charge in [-0.3, -0.25) is 4.79 Å². The number of oxime groups is 1. The topological polar surface area (TPSA) is 120 Å². The number of carbonyl (C=O) groups is 2. The molecule has 3 heterocycles. The number of hydrogen-bond acceptors (Lipinski definition) is 6. The zero-order valence-electron chi connectivity index (χ0n) is 16.7. The Labute approximate surface area is 178 Å². The van der Waals surface area contributed by atoms with Crippen LogP contribution in [0, 0.1) is 5.82 Å². The fourth-order valence-corrected chi connectivity index (χ4v) is 5.52. The number of nitrogens with zero attached hydrogens (tertiary/aromatic N) is 4. The van der Waals surface area contributed by atoms with Gasteiger partial charge in [-0.15, -0.1) is 0 Å². The van der Waals surface area contributed by atoms with Gasteiger partial charge < -0.3 is 19.7 Å². The van der Waals surface area contributed by atoms with Gasteiger partial charge in [0.2, 0.25) is 10.0 Å². The van der Waals surface area contributed by atoms with Crippen molar-refractivity contribution in [2.75, 3.05) is 39.3 Å². The molecular formula is C19H23FN4O6S. The second-order valence-corrected chi connectivity index (χ2v) is 9.85. The Morgan fingerprint density at radius 1 is 1.00 bits per heavy atom. The van der Waals surface area contributed by atoms with Crippen LogP contribution in [0.3, 0.4) is 0 Å². The molecule has 1 N–H and O–H groups in total. The van der Waals surface area contributed by atoms with Crippen LogP contribution in [0.25, 0.3) is 0 Å². The van der Waals surface area contributed by atoms with E-state index in [1.165, 1.54) is 21.3 Å². The van der Waals surface area contributed by atoms with Crippen molar-refractivity contribution in [3.63, 3.8) is 0 Å². The van der Waals surface area contributed by atoms with E-state index in [-0.39, 0.29) is 49.1 Å². The highest BCUT2D eigenvalue weighted by Crippen LogP contribution is 2.36. The zero-order chi connectivity index (χ0) is 22.2. The Bertz CT molecular complexity index is 997. The lowest BCUT2D eigenvalue weighted by atomic mass is 9.87. The molecule has 168 valence electrons. The predicted molar refractivity (Wildman–Crippen MR) is 106 cm³/mol. The van der Waals surface area contributed by atoms with Crippen LogP contribution in [0.2, 0.25) is 0 Å². The number of carboxylic acid groups (broad SMARTS) is 1. The largest absolute Gasteiger partial charge is 0.465 e. The molecule has 31 heavy (non-hydrogen) atoms. The first kappa shape index (κ1) is 21.5. The summed E-state index contributed by atoms with van der Waals surface area (Å²) in [6, 6.07) is 4.71. The van der Waals surface area contributed by atoms with Crippen molar-refractivity contribution < 1.29 is 32.3 Å². The first-order valence-electron chi connectivity index (χ1n) is 9.98. The molecule has 1 spiro atoms. The molecule has 12 heteroatoms. The van der Waals surface area contributed by atoms with Crippen LogP contribution in [-0.2, 0) is 19.7 Å². The zero-order valence-corrected chi connectivity index (χ0v) is 17.6. The number of halogens is 1. The third kappa shape index (κ3) is 4.22. The van der Waals surface area contributed by atoms with Gasteiger partial charge in [0, 0.05) is 58.5 Å². The number of piperidine rings is 1. The second kappa shape index (κ2) is 8.08. The van der Waals surface area contributed by atoms with Crippen LogP contribution in [0.15, 0.2) is 34.3 Å². The number of amides is 2. The molecule has 1 aromatic rings. The molecule has 3 aliphatic heterocycles. The van der Waals surface area contributed by atoms with Gasteiger partial charge in [0.15, 0.2) is 0 Å². The van der Waals surface area contributed by atoms with E-state index in [4.69, 9.17) is 9.94 Å². The van der Waals surface area contributed by atoms with E-state index in [0.29, 0.717) is 25.9 Å². The monoisotopic (exact) mass is 454 g/mol. The molecule has 0 aliphatic carbocycles. The first-order valence-corrected chi connectivity index (χ1v) is 11.4. The predicted octanol–water partition coefficient (Wildman–Crippen LogP) is 0.947. The van der Waals surface area contributed by atoms with Gasteiger partial charge in [-0.25, -0.2) is 17.6 Å². The van der Waals surface area contributed by atoms with Crippen LogP contribution in [0.4, 0.5) is 9.18 Å². The molecule has 3 aliphatic rings. The summed E-state index contributed by atoms with van der Waals surface area (Å²) in [6.45, 7) is 1.48. The minimum atomic E-state index is -3.74. The van der Waals surface area contributed by atoms with Gasteiger partial charge in [0.25, 0.3) is 5.91 Å². The van der Waals surface area contributed by atoms with E-state index >= 15 is 0 Å². The Morgan fingerprint density at radius 2 is 1.58 bits per heavy atom. The van der Waals surface area contributed by atoms with Crippen LogP contribution < -0.4 is 0 Å². The van der Waals surface area contributed by atoms with Crippen molar-refractivity contribution in [1.29, 1.82) is 0 Å². The number of piperazine rings is 1. The summed E-state index contributed by atoms with van der Waals surface area (Å²) in [5, 5.41) is 13.0. The summed E-state index contributed by atoms with van der Waals surface area (Å²) in [4.78, 5) is 32.2. The number of sulfonamides is 1. The SMILES string of the molecule is O=C(O)N1CCN(C(=O)C2=NOC3(CCN(S(=O)(=O)c4ccc(F)cc4)CC3)C2)CC1. The number of benzene rings is 1. The summed E-state index contributed by atoms with van der Waals surface area (Å²) in [7, 11) is -3.74. The molecule has 10 nitrogen and oxygen atoms in total. The molecule has 1 aromatic carbocycles. The molecular weight excluding hydrogens is 431 g/mol. The van der Waals surface area contributed by atoms with Crippen LogP contribution in [0.1, 0.15) is 19.3 Å². The fraction of sp³-hybridized carbons (Fsp3) is 0.526. The maximum absolute atomic E-state index is 13.1. The third-order valence-corrected chi connectivity index (χ3v) is 7.92. The van der Waals surface area contributed by atoms with Gasteiger partial charge in [0.1, 0.15) is 17.1 Å². The number of hydrogen-bond donors (Lipinski definition) is 1. The highest BCUT2D eigenvalue weighted by molar-refractivity contribution is 7.89. The lowest BCUT2D eigenvalue weighted by molar-refractivity contribution is -0.125. The maximum Gasteiger partial charge on any atom is 0.407 e. The summed E-state index contributed by atoms with van der Waals surface area (Å²) >= 11 is 0. The quantitative estimate of drug-likeness (QED) is 0.726. The summed E-state index contributed by atoms with van der Waals surface area (Å²) < 4.78 is 40.0. The number of rotatable bonds is 3. The van der Waals surface area contributed by atoms with E-state index in [1.807, 2.05) is 0 Å². The molecule has 2 fully saturated rings. The smallest absolute Gasteiger partial charge is 0.407 e. The molecule has 0 aromatic heterocycles. The lowest BCUT2D eigenvalue weighted by Crippen LogP contribution is -2.52. The van der Waals surface area contributed by atoms with Crippen LogP contribution >= 0.6 is 0 Å². The Hall–Kier alpha value is -2.73. The first-order chi connectivity index (χ1) is 14.7. The highest BCUT2D eigenvalue weighted by atomic mass is 32.2. The summed E-state index contributed by atoms with van der Waals surface area (Å²) in [5.74, 6) is -0.780. The second-order valence-electron chi connectivity index (χ2n) is 7.91. The van der Waals surface area contributed by atoms with Crippen LogP contribution in [0.5, 0.6) is 0 Å². The maximum atomic E-state index is 13.1. The molecule has 0 radical (unpaired) electrons. The van der Waals surface area contributed by atoms with E-state index in [2.05, 4.69) is 5.16 Å². The average Bonchev–Trinajstić information content (AvgIpc) is 3.17. The molecule has 2 saturated heterocycles. The Morgan fingerprint density at radius 3 is 2.16 bits per heavy atom. The molecule has 0 saturated carbocycles. The van der Waals surface area contributed by atoms with E-state index < -0.39 is 27.5 Å². The van der Waals surface area contributed by atoms with Crippen molar-refractivity contribution in [1.82, 2.24) is 14.1 Å². The van der Waals surface area contributed by atoms with Gasteiger partial charge in [0.05, 0.1) is 4.90 Å². The summed E-state index contributed by atoms with van der Waals surface area (Å²) in [5.41, 5.74) is -0.443. The van der Waals surface area contributed by atoms with E-state index in [9.17, 15) is 22.4 Å². The van der Waals surface area contributed by atoms with Gasteiger partial charge in [-0.1, -0.05) is 5.16 Å². The normalized spacial score (nSPS) is 21.6. The van der Waals surface area contributed by atoms with Gasteiger partial charge in [-0.05, 0) is 24.3 Å². The standard InChI is InChI=1S/C19H23FN4O6S/c20-14-1-3-15(4-2-14)31(28,29)24-7-5-19(6-8-24)13-16(21-30-19)17(25)22-9-11-23(12-10-22)18(26)27/h1-4H,5-13H2,(H,26,27). The van der Waals surface area contributed by atoms with Crippen LogP contribution in [-0.4, -0.2) is 90.2 Å². The van der Waals surface area contributed by atoms with Crippen molar-refractivity contribution in [2.24, 2.45) is 5.16 Å². The minimum Gasteiger partial charge on any atom is -0.465 e. The lowest BCUT2D eigenvalue weighted by Gasteiger charge is -2.36. The van der Waals surface area contributed by atoms with Gasteiger partial charge >= 0.3 is 6.09 Å². The van der Waals surface area contributed by atoms with Crippen molar-refractivity contribution in [3.05, 3.63) is 30.1 Å².